The van der Waals surface area contributed by atoms with E-state index in [2.05, 4.69) is 42.4 Å². The van der Waals surface area contributed by atoms with Crippen LogP contribution in [0.2, 0.25) is 5.02 Å². The summed E-state index contributed by atoms with van der Waals surface area (Å²) in [7, 11) is 0. The maximum Gasteiger partial charge on any atom is 0.244 e. The summed E-state index contributed by atoms with van der Waals surface area (Å²) in [6.45, 7) is 2.72. The van der Waals surface area contributed by atoms with Crippen LogP contribution in [0, 0.1) is 0 Å². The smallest absolute Gasteiger partial charge is 0.244 e. The van der Waals surface area contributed by atoms with E-state index in [1.807, 2.05) is 67.6 Å². The molecule has 0 aliphatic heterocycles. The monoisotopic (exact) mass is 578 g/mol. The van der Waals surface area contributed by atoms with Gasteiger partial charge in [-0.3, -0.25) is 4.79 Å². The van der Waals surface area contributed by atoms with Gasteiger partial charge in [-0.25, -0.2) is 5.43 Å². The van der Waals surface area contributed by atoms with Crippen LogP contribution in [0.5, 0.6) is 11.5 Å². The van der Waals surface area contributed by atoms with Crippen molar-refractivity contribution in [2.75, 3.05) is 6.61 Å². The highest BCUT2D eigenvalue weighted by Gasteiger charge is 2.12. The number of nitrogens with zero attached hydrogens (tertiary/aromatic N) is 1. The third kappa shape index (κ3) is 7.36. The standard InChI is InChI=1S/C24H21Br2ClN2O3/c1-2-31-22-12-18(14-28-29-23(30)13-16-6-8-19(25)9-7-16)11-21(26)24(22)32-15-17-4-3-5-20(27)10-17/h3-12,14H,2,13,15H2,1H3,(H,29,30)/b28-14+. The Morgan fingerprint density at radius 3 is 2.56 bits per heavy atom. The quantitative estimate of drug-likeness (QED) is 0.231. The maximum atomic E-state index is 12.1. The van der Waals surface area contributed by atoms with Crippen LogP contribution in [0.3, 0.4) is 0 Å². The average molecular weight is 581 g/mol. The predicted molar refractivity (Wildman–Crippen MR) is 135 cm³/mol. The highest BCUT2D eigenvalue weighted by atomic mass is 79.9. The lowest BCUT2D eigenvalue weighted by Crippen LogP contribution is -2.19. The van der Waals surface area contributed by atoms with Gasteiger partial charge in [-0.15, -0.1) is 0 Å². The van der Waals surface area contributed by atoms with E-state index in [1.54, 1.807) is 6.21 Å². The zero-order chi connectivity index (χ0) is 22.9. The van der Waals surface area contributed by atoms with Crippen LogP contribution in [0.4, 0.5) is 0 Å². The molecule has 0 aliphatic rings. The molecule has 0 unspecified atom stereocenters. The predicted octanol–water partition coefficient (Wildman–Crippen LogP) is 6.54. The van der Waals surface area contributed by atoms with Gasteiger partial charge in [-0.2, -0.15) is 5.10 Å². The first-order chi connectivity index (χ1) is 15.4. The van der Waals surface area contributed by atoms with Gasteiger partial charge in [-0.05, 0) is 75.9 Å². The van der Waals surface area contributed by atoms with Crippen LogP contribution in [0.15, 0.2) is 74.7 Å². The number of nitrogens with one attached hydrogen (secondary N) is 1. The van der Waals surface area contributed by atoms with Gasteiger partial charge >= 0.3 is 0 Å². The minimum atomic E-state index is -0.200. The molecular formula is C24H21Br2ClN2O3. The first-order valence-electron chi connectivity index (χ1n) is 9.84. The van der Waals surface area contributed by atoms with E-state index in [-0.39, 0.29) is 12.3 Å². The fourth-order valence-corrected chi connectivity index (χ4v) is 3.91. The molecule has 0 atom stereocenters. The molecular weight excluding hydrogens is 560 g/mol. The molecule has 1 amide bonds. The molecule has 0 aliphatic carbocycles. The molecule has 0 spiro atoms. The highest BCUT2D eigenvalue weighted by molar-refractivity contribution is 9.10. The zero-order valence-electron chi connectivity index (χ0n) is 17.3. The van der Waals surface area contributed by atoms with Crippen LogP contribution in [0.1, 0.15) is 23.6 Å². The van der Waals surface area contributed by atoms with E-state index in [1.165, 1.54) is 0 Å². The van der Waals surface area contributed by atoms with Gasteiger partial charge in [-0.1, -0.05) is 51.8 Å². The molecule has 0 fully saturated rings. The number of ether oxygens (including phenoxy) is 2. The number of hydrazone groups is 1. The van der Waals surface area contributed by atoms with Crippen molar-refractivity contribution >= 4 is 55.6 Å². The van der Waals surface area contributed by atoms with Crippen LogP contribution in [-0.2, 0) is 17.8 Å². The molecule has 0 heterocycles. The number of hydrogen-bond donors (Lipinski definition) is 1. The van der Waals surface area contributed by atoms with Crippen molar-refractivity contribution in [1.82, 2.24) is 5.43 Å². The third-order valence-corrected chi connectivity index (χ3v) is 5.64. The molecule has 1 N–H and O–H groups in total. The second-order valence-corrected chi connectivity index (χ2v) is 8.98. The molecule has 0 aromatic heterocycles. The Hall–Kier alpha value is -2.35. The third-order valence-electron chi connectivity index (χ3n) is 4.28. The molecule has 32 heavy (non-hydrogen) atoms. The average Bonchev–Trinajstić information content (AvgIpc) is 2.75. The minimum Gasteiger partial charge on any atom is -0.490 e. The van der Waals surface area contributed by atoms with E-state index in [4.69, 9.17) is 21.1 Å². The van der Waals surface area contributed by atoms with Crippen molar-refractivity contribution in [1.29, 1.82) is 0 Å². The molecule has 0 saturated heterocycles. The van der Waals surface area contributed by atoms with Crippen molar-refractivity contribution in [2.45, 2.75) is 20.0 Å². The van der Waals surface area contributed by atoms with Crippen LogP contribution in [0.25, 0.3) is 0 Å². The first kappa shape index (κ1) is 24.3. The number of carbonyl (C=O) groups is 1. The Kier molecular flexibility index (Phi) is 9.14. The molecule has 3 rings (SSSR count). The van der Waals surface area contributed by atoms with E-state index in [9.17, 15) is 4.79 Å². The van der Waals surface area contributed by atoms with E-state index in [0.29, 0.717) is 34.2 Å². The summed E-state index contributed by atoms with van der Waals surface area (Å²) in [5.41, 5.74) is 5.16. The molecule has 0 radical (unpaired) electrons. The van der Waals surface area contributed by atoms with E-state index >= 15 is 0 Å². The Labute approximate surface area is 209 Å². The Balaban J connectivity index is 1.66. The SMILES string of the molecule is CCOc1cc(/C=N/NC(=O)Cc2ccc(Br)cc2)cc(Br)c1OCc1cccc(Cl)c1. The normalized spacial score (nSPS) is 10.9. The lowest BCUT2D eigenvalue weighted by atomic mass is 10.1. The topological polar surface area (TPSA) is 59.9 Å². The highest BCUT2D eigenvalue weighted by Crippen LogP contribution is 2.37. The van der Waals surface area contributed by atoms with Crippen LogP contribution < -0.4 is 14.9 Å². The van der Waals surface area contributed by atoms with Gasteiger partial charge in [0.15, 0.2) is 11.5 Å². The summed E-state index contributed by atoms with van der Waals surface area (Å²) in [5.74, 6) is 0.962. The van der Waals surface area contributed by atoms with Gasteiger partial charge in [0.2, 0.25) is 5.91 Å². The van der Waals surface area contributed by atoms with Crippen molar-refractivity contribution in [3.05, 3.63) is 91.3 Å². The van der Waals surface area contributed by atoms with Gasteiger partial charge in [0, 0.05) is 9.50 Å². The maximum absolute atomic E-state index is 12.1. The van der Waals surface area contributed by atoms with Crippen molar-refractivity contribution < 1.29 is 14.3 Å². The van der Waals surface area contributed by atoms with Crippen LogP contribution in [-0.4, -0.2) is 18.7 Å². The van der Waals surface area contributed by atoms with Gasteiger partial charge in [0.25, 0.3) is 0 Å². The summed E-state index contributed by atoms with van der Waals surface area (Å²) < 4.78 is 13.4. The molecule has 0 saturated carbocycles. The number of rotatable bonds is 9. The number of amides is 1. The minimum absolute atomic E-state index is 0.200. The Morgan fingerprint density at radius 2 is 1.84 bits per heavy atom. The fraction of sp³-hybridized carbons (Fsp3) is 0.167. The largest absolute Gasteiger partial charge is 0.490 e. The van der Waals surface area contributed by atoms with Gasteiger partial charge in [0.1, 0.15) is 6.61 Å². The number of benzene rings is 3. The van der Waals surface area contributed by atoms with Crippen molar-refractivity contribution in [3.8, 4) is 11.5 Å². The van der Waals surface area contributed by atoms with E-state index < -0.39 is 0 Å². The summed E-state index contributed by atoms with van der Waals surface area (Å²) >= 11 is 13.0. The lowest BCUT2D eigenvalue weighted by Gasteiger charge is -2.15. The molecule has 3 aromatic carbocycles. The summed E-state index contributed by atoms with van der Waals surface area (Å²) in [4.78, 5) is 12.1. The molecule has 8 heteroatoms. The van der Waals surface area contributed by atoms with E-state index in [0.717, 1.165) is 21.2 Å². The zero-order valence-corrected chi connectivity index (χ0v) is 21.2. The molecule has 0 bridgehead atoms. The molecule has 166 valence electrons. The second-order valence-electron chi connectivity index (χ2n) is 6.78. The van der Waals surface area contributed by atoms with Crippen molar-refractivity contribution in [2.24, 2.45) is 5.10 Å². The number of carbonyl (C=O) groups excluding carboxylic acids is 1. The summed E-state index contributed by atoms with van der Waals surface area (Å²) in [6, 6.07) is 18.7. The Morgan fingerprint density at radius 1 is 1.06 bits per heavy atom. The second kappa shape index (κ2) is 12.0. The van der Waals surface area contributed by atoms with Crippen LogP contribution >= 0.6 is 43.5 Å². The lowest BCUT2D eigenvalue weighted by molar-refractivity contribution is -0.120. The number of halogens is 3. The first-order valence-corrected chi connectivity index (χ1v) is 11.8. The summed E-state index contributed by atoms with van der Waals surface area (Å²) in [5, 5.41) is 4.72. The van der Waals surface area contributed by atoms with Gasteiger partial charge < -0.3 is 9.47 Å². The van der Waals surface area contributed by atoms with Gasteiger partial charge in [0.05, 0.1) is 23.7 Å². The molecule has 5 nitrogen and oxygen atoms in total. The summed E-state index contributed by atoms with van der Waals surface area (Å²) in [6.07, 6.45) is 1.81. The molecule has 3 aromatic rings. The fourth-order valence-electron chi connectivity index (χ4n) is 2.85. The Bertz CT molecular complexity index is 1100. The number of hydrogen-bond acceptors (Lipinski definition) is 4. The van der Waals surface area contributed by atoms with Crippen molar-refractivity contribution in [3.63, 3.8) is 0 Å².